The van der Waals surface area contributed by atoms with Crippen molar-refractivity contribution in [1.29, 1.82) is 21.0 Å². The minimum Gasteiger partial charge on any atom is -0.506 e. The Kier molecular flexibility index (Phi) is 11.4. The molecule has 0 fully saturated rings. The van der Waals surface area contributed by atoms with Gasteiger partial charge in [-0.2, -0.15) is 21.0 Å². The van der Waals surface area contributed by atoms with Crippen molar-refractivity contribution in [3.05, 3.63) is 40.5 Å². The van der Waals surface area contributed by atoms with Gasteiger partial charge in [-0.1, -0.05) is 0 Å². The van der Waals surface area contributed by atoms with Gasteiger partial charge < -0.3 is 30.0 Å². The Morgan fingerprint density at radius 1 is 0.872 bits per heavy atom. The van der Waals surface area contributed by atoms with E-state index in [-0.39, 0.29) is 51.7 Å². The highest BCUT2D eigenvalue weighted by Gasteiger charge is 2.26. The molecule has 11 heteroatoms. The summed E-state index contributed by atoms with van der Waals surface area (Å²) in [4.78, 5) is 12.0. The SMILES string of the molecule is CC(C)Nc1c(C#N)ccc(O)c1C#N.COc1cc(C#N)c(NC(C)C)c(C#N)c1OC(=O)OC(C)(C)C. The average molecular weight is 533 g/mol. The molecular formula is C28H32N6O5. The predicted octanol–water partition coefficient (Wildman–Crippen LogP) is 5.53. The Hall–Kier alpha value is -5.13. The van der Waals surface area contributed by atoms with Crippen LogP contribution in [0.25, 0.3) is 0 Å². The van der Waals surface area contributed by atoms with Crippen LogP contribution < -0.4 is 20.1 Å². The molecule has 11 nitrogen and oxygen atoms in total. The number of phenolic OH excluding ortho intramolecular Hbond substituents is 1. The summed E-state index contributed by atoms with van der Waals surface area (Å²) >= 11 is 0. The van der Waals surface area contributed by atoms with Crippen LogP contribution in [0.1, 0.15) is 70.7 Å². The lowest BCUT2D eigenvalue weighted by Crippen LogP contribution is -2.26. The van der Waals surface area contributed by atoms with E-state index in [2.05, 4.69) is 10.6 Å². The first-order chi connectivity index (χ1) is 18.2. The van der Waals surface area contributed by atoms with E-state index in [1.54, 1.807) is 20.8 Å². The molecule has 0 radical (unpaired) electrons. The third-order valence-corrected chi connectivity index (χ3v) is 4.55. The quantitative estimate of drug-likeness (QED) is 0.314. The summed E-state index contributed by atoms with van der Waals surface area (Å²) < 4.78 is 15.5. The number of nitriles is 4. The second kappa shape index (κ2) is 14.0. The minimum atomic E-state index is -0.961. The van der Waals surface area contributed by atoms with E-state index in [9.17, 15) is 20.4 Å². The Morgan fingerprint density at radius 2 is 1.38 bits per heavy atom. The summed E-state index contributed by atoms with van der Waals surface area (Å²) in [5.74, 6) is -0.0979. The van der Waals surface area contributed by atoms with Gasteiger partial charge in [0, 0.05) is 18.2 Å². The number of carbonyl (C=O) groups is 1. The second-order valence-electron chi connectivity index (χ2n) is 9.70. The van der Waals surface area contributed by atoms with E-state index in [0.717, 1.165) is 0 Å². The van der Waals surface area contributed by atoms with Crippen molar-refractivity contribution in [3.63, 3.8) is 0 Å². The van der Waals surface area contributed by atoms with Gasteiger partial charge >= 0.3 is 6.16 Å². The fraction of sp³-hybridized carbons (Fsp3) is 0.393. The van der Waals surface area contributed by atoms with Crippen LogP contribution in [0.3, 0.4) is 0 Å². The molecule has 0 spiro atoms. The van der Waals surface area contributed by atoms with Crippen molar-refractivity contribution in [2.75, 3.05) is 17.7 Å². The fourth-order valence-electron chi connectivity index (χ4n) is 3.12. The van der Waals surface area contributed by atoms with E-state index >= 15 is 0 Å². The number of phenols is 1. The standard InChI is InChI=1S/C17H21N3O4.C11H11N3O/c1-10(2)20-14-11(8-18)7-13(22-6)15(12(14)9-19)23-16(21)24-17(3,4)5;1-7(2)14-11-8(5-12)3-4-10(15)9(11)6-13/h7,10,20H,1-6H3;3-4,7,14-15H,1-2H3. The van der Waals surface area contributed by atoms with Gasteiger partial charge in [0.05, 0.1) is 29.6 Å². The molecule has 0 heterocycles. The van der Waals surface area contributed by atoms with Gasteiger partial charge in [0.15, 0.2) is 11.5 Å². The van der Waals surface area contributed by atoms with Crippen molar-refractivity contribution in [1.82, 2.24) is 0 Å². The van der Waals surface area contributed by atoms with Crippen LogP contribution in [-0.4, -0.2) is 36.1 Å². The van der Waals surface area contributed by atoms with Crippen molar-refractivity contribution < 1.29 is 24.1 Å². The topological polar surface area (TPSA) is 184 Å². The molecule has 2 aromatic rings. The first-order valence-corrected chi connectivity index (χ1v) is 11.9. The van der Waals surface area contributed by atoms with Crippen LogP contribution in [0.2, 0.25) is 0 Å². The lowest BCUT2D eigenvalue weighted by atomic mass is 10.1. The number of hydrogen-bond acceptors (Lipinski definition) is 11. The second-order valence-corrected chi connectivity index (χ2v) is 9.70. The molecule has 204 valence electrons. The molecule has 0 amide bonds. The maximum absolute atomic E-state index is 12.0. The van der Waals surface area contributed by atoms with Gasteiger partial charge in [-0.15, -0.1) is 0 Å². The molecule has 0 atom stereocenters. The molecule has 3 N–H and O–H groups in total. The number of nitrogens with one attached hydrogen (secondary N) is 2. The molecule has 0 saturated carbocycles. The van der Waals surface area contributed by atoms with Crippen LogP contribution in [0.4, 0.5) is 16.2 Å². The van der Waals surface area contributed by atoms with Gasteiger partial charge in [-0.3, -0.25) is 0 Å². The summed E-state index contributed by atoms with van der Waals surface area (Å²) in [6, 6.07) is 12.1. The summed E-state index contributed by atoms with van der Waals surface area (Å²) in [5, 5.41) is 52.0. The molecule has 0 aliphatic heterocycles. The van der Waals surface area contributed by atoms with Gasteiger partial charge in [-0.05, 0) is 60.6 Å². The first-order valence-electron chi connectivity index (χ1n) is 11.9. The van der Waals surface area contributed by atoms with Crippen LogP contribution in [0.15, 0.2) is 18.2 Å². The summed E-state index contributed by atoms with van der Waals surface area (Å²) in [5.41, 5.74) is 0.632. The molecule has 0 aromatic heterocycles. The van der Waals surface area contributed by atoms with E-state index in [0.29, 0.717) is 11.3 Å². The lowest BCUT2D eigenvalue weighted by molar-refractivity contribution is 0.0200. The summed E-state index contributed by atoms with van der Waals surface area (Å²) in [6.07, 6.45) is -0.961. The highest BCUT2D eigenvalue weighted by Crippen LogP contribution is 2.39. The number of benzene rings is 2. The summed E-state index contributed by atoms with van der Waals surface area (Å²) in [7, 11) is 1.36. The molecule has 0 bridgehead atoms. The predicted molar refractivity (Wildman–Crippen MR) is 144 cm³/mol. The van der Waals surface area contributed by atoms with Crippen molar-refractivity contribution >= 4 is 17.5 Å². The molecule has 0 unspecified atom stereocenters. The number of anilines is 2. The number of aromatic hydroxyl groups is 1. The maximum atomic E-state index is 12.0. The Balaban J connectivity index is 0.000000434. The molecule has 0 aliphatic carbocycles. The number of hydrogen-bond donors (Lipinski definition) is 3. The van der Waals surface area contributed by atoms with Crippen LogP contribution in [0, 0.1) is 45.3 Å². The highest BCUT2D eigenvalue weighted by atomic mass is 16.7. The van der Waals surface area contributed by atoms with Crippen molar-refractivity contribution in [2.45, 2.75) is 66.2 Å². The van der Waals surface area contributed by atoms with E-state index in [1.807, 2.05) is 52.0 Å². The van der Waals surface area contributed by atoms with E-state index < -0.39 is 11.8 Å². The van der Waals surface area contributed by atoms with Gasteiger partial charge in [0.2, 0.25) is 0 Å². The maximum Gasteiger partial charge on any atom is 0.514 e. The molecule has 39 heavy (non-hydrogen) atoms. The van der Waals surface area contributed by atoms with Crippen LogP contribution in [0.5, 0.6) is 17.2 Å². The number of nitrogens with zero attached hydrogens (tertiary/aromatic N) is 4. The monoisotopic (exact) mass is 532 g/mol. The van der Waals surface area contributed by atoms with E-state index in [4.69, 9.17) is 24.7 Å². The van der Waals surface area contributed by atoms with Gasteiger partial charge in [0.1, 0.15) is 46.8 Å². The Morgan fingerprint density at radius 3 is 1.79 bits per heavy atom. The van der Waals surface area contributed by atoms with Gasteiger partial charge in [0.25, 0.3) is 0 Å². The molecule has 0 saturated heterocycles. The first kappa shape index (κ1) is 31.9. The summed E-state index contributed by atoms with van der Waals surface area (Å²) in [6.45, 7) is 12.6. The highest BCUT2D eigenvalue weighted by molar-refractivity contribution is 5.78. The fourth-order valence-corrected chi connectivity index (χ4v) is 3.12. The Bertz CT molecular complexity index is 1370. The molecule has 0 aliphatic rings. The zero-order valence-corrected chi connectivity index (χ0v) is 23.3. The lowest BCUT2D eigenvalue weighted by Gasteiger charge is -2.21. The zero-order chi connectivity index (χ0) is 29.9. The zero-order valence-electron chi connectivity index (χ0n) is 23.3. The van der Waals surface area contributed by atoms with Gasteiger partial charge in [-0.25, -0.2) is 4.79 Å². The molecule has 2 aromatic carbocycles. The normalized spacial score (nSPS) is 10.1. The number of carbonyl (C=O) groups excluding carboxylic acids is 1. The number of methoxy groups -OCH3 is 1. The third-order valence-electron chi connectivity index (χ3n) is 4.55. The van der Waals surface area contributed by atoms with Crippen molar-refractivity contribution in [2.24, 2.45) is 0 Å². The molecule has 2 rings (SSSR count). The van der Waals surface area contributed by atoms with E-state index in [1.165, 1.54) is 25.3 Å². The smallest absolute Gasteiger partial charge is 0.506 e. The average Bonchev–Trinajstić information content (AvgIpc) is 2.83. The number of ether oxygens (including phenoxy) is 3. The number of rotatable bonds is 6. The van der Waals surface area contributed by atoms with Crippen LogP contribution >= 0.6 is 0 Å². The van der Waals surface area contributed by atoms with Crippen molar-refractivity contribution in [3.8, 4) is 41.5 Å². The molecular weight excluding hydrogens is 500 g/mol. The Labute approximate surface area is 228 Å². The largest absolute Gasteiger partial charge is 0.514 e. The minimum absolute atomic E-state index is 0.00505. The third kappa shape index (κ3) is 9.04. The van der Waals surface area contributed by atoms with Crippen LogP contribution in [-0.2, 0) is 4.74 Å².